The maximum absolute atomic E-state index is 12.6. The molecule has 0 bridgehead atoms. The Hall–Kier alpha value is -2.06. The van der Waals surface area contributed by atoms with E-state index in [1.807, 2.05) is 0 Å². The molecule has 0 unspecified atom stereocenters. The maximum atomic E-state index is 12.6. The van der Waals surface area contributed by atoms with Crippen LogP contribution >= 0.6 is 0 Å². The Morgan fingerprint density at radius 1 is 1.36 bits per heavy atom. The van der Waals surface area contributed by atoms with Crippen LogP contribution in [0, 0.1) is 12.8 Å². The van der Waals surface area contributed by atoms with Crippen molar-refractivity contribution in [3.05, 3.63) is 17.5 Å². The number of hydrogen-bond acceptors (Lipinski definition) is 3. The van der Waals surface area contributed by atoms with Crippen molar-refractivity contribution in [1.82, 2.24) is 14.7 Å². The first-order chi connectivity index (χ1) is 10.2. The molecule has 0 atom stereocenters. The summed E-state index contributed by atoms with van der Waals surface area (Å²) in [6.07, 6.45) is -3.83. The molecule has 1 saturated heterocycles. The van der Waals surface area contributed by atoms with Crippen LogP contribution in [0.4, 0.5) is 13.2 Å². The van der Waals surface area contributed by atoms with Crippen LogP contribution in [0.5, 0.6) is 0 Å². The van der Waals surface area contributed by atoms with E-state index in [4.69, 9.17) is 5.11 Å². The van der Waals surface area contributed by atoms with E-state index < -0.39 is 23.8 Å². The number of carboxylic acid groups (broad SMARTS) is 1. The molecule has 122 valence electrons. The average molecular weight is 319 g/mol. The van der Waals surface area contributed by atoms with Crippen LogP contribution in [0.3, 0.4) is 0 Å². The third-order valence-corrected chi connectivity index (χ3v) is 3.75. The quantitative estimate of drug-likeness (QED) is 0.917. The molecule has 6 nitrogen and oxygen atoms in total. The number of piperidine rings is 1. The van der Waals surface area contributed by atoms with E-state index in [2.05, 4.69) is 5.10 Å². The van der Waals surface area contributed by atoms with Gasteiger partial charge in [-0.3, -0.25) is 14.3 Å². The summed E-state index contributed by atoms with van der Waals surface area (Å²) in [5, 5.41) is 12.3. The number of aryl methyl sites for hydroxylation is 1. The Kier molecular flexibility index (Phi) is 4.43. The Morgan fingerprint density at radius 2 is 1.95 bits per heavy atom. The summed E-state index contributed by atoms with van der Waals surface area (Å²) in [5.41, 5.74) is -0.775. The number of likely N-dealkylation sites (tertiary alicyclic amines) is 1. The Labute approximate surface area is 124 Å². The van der Waals surface area contributed by atoms with E-state index in [-0.39, 0.29) is 18.1 Å². The maximum Gasteiger partial charge on any atom is 0.435 e. The molecule has 1 amide bonds. The van der Waals surface area contributed by atoms with Crippen LogP contribution in [0.15, 0.2) is 6.07 Å². The number of nitrogens with zero attached hydrogens (tertiary/aromatic N) is 3. The molecule has 9 heteroatoms. The molecule has 1 aromatic heterocycles. The van der Waals surface area contributed by atoms with Gasteiger partial charge in [-0.25, -0.2) is 0 Å². The summed E-state index contributed by atoms with van der Waals surface area (Å²) < 4.78 is 38.7. The normalized spacial score (nSPS) is 16.8. The van der Waals surface area contributed by atoms with Crippen molar-refractivity contribution in [3.8, 4) is 0 Å². The van der Waals surface area contributed by atoms with Crippen molar-refractivity contribution in [2.24, 2.45) is 5.92 Å². The van der Waals surface area contributed by atoms with Crippen LogP contribution in [0.1, 0.15) is 24.2 Å². The minimum absolute atomic E-state index is 0.251. The molecular weight excluding hydrogens is 303 g/mol. The number of hydrogen-bond donors (Lipinski definition) is 1. The second kappa shape index (κ2) is 5.98. The van der Waals surface area contributed by atoms with Crippen molar-refractivity contribution in [1.29, 1.82) is 0 Å². The van der Waals surface area contributed by atoms with Gasteiger partial charge < -0.3 is 10.0 Å². The fourth-order valence-corrected chi connectivity index (χ4v) is 2.41. The topological polar surface area (TPSA) is 75.4 Å². The molecule has 1 N–H and O–H groups in total. The summed E-state index contributed by atoms with van der Waals surface area (Å²) in [6, 6.07) is 0.893. The molecule has 1 aliphatic rings. The first kappa shape index (κ1) is 16.3. The van der Waals surface area contributed by atoms with E-state index >= 15 is 0 Å². The van der Waals surface area contributed by atoms with Crippen LogP contribution < -0.4 is 0 Å². The first-order valence-corrected chi connectivity index (χ1v) is 6.80. The summed E-state index contributed by atoms with van der Waals surface area (Å²) in [6.45, 7) is 1.76. The number of alkyl halides is 3. The minimum atomic E-state index is -4.54. The SMILES string of the molecule is Cc1cc(C(F)(F)F)nn1CC(=O)N1CCC(C(=O)O)CC1. The molecule has 22 heavy (non-hydrogen) atoms. The van der Waals surface area contributed by atoms with Gasteiger partial charge in [0.1, 0.15) is 6.54 Å². The average Bonchev–Trinajstić information content (AvgIpc) is 2.80. The number of carboxylic acids is 1. The number of halogens is 3. The summed E-state index contributed by atoms with van der Waals surface area (Å²) >= 11 is 0. The van der Waals surface area contributed by atoms with Gasteiger partial charge in [-0.2, -0.15) is 18.3 Å². The van der Waals surface area contributed by atoms with Gasteiger partial charge in [0.2, 0.25) is 5.91 Å². The lowest BCUT2D eigenvalue weighted by Crippen LogP contribution is -2.42. The largest absolute Gasteiger partial charge is 0.481 e. The molecule has 1 fully saturated rings. The van der Waals surface area contributed by atoms with Gasteiger partial charge in [-0.05, 0) is 25.8 Å². The Morgan fingerprint density at radius 3 is 2.41 bits per heavy atom. The number of carbonyl (C=O) groups is 2. The fraction of sp³-hybridized carbons (Fsp3) is 0.615. The second-order valence-electron chi connectivity index (χ2n) is 5.32. The Balaban J connectivity index is 1.98. The van der Waals surface area contributed by atoms with Crippen molar-refractivity contribution in [2.45, 2.75) is 32.5 Å². The second-order valence-corrected chi connectivity index (χ2v) is 5.32. The van der Waals surface area contributed by atoms with Crippen molar-refractivity contribution in [2.75, 3.05) is 13.1 Å². The number of aliphatic carboxylic acids is 1. The highest BCUT2D eigenvalue weighted by molar-refractivity contribution is 5.77. The Bertz CT molecular complexity index is 575. The number of amides is 1. The highest BCUT2D eigenvalue weighted by atomic mass is 19.4. The molecule has 1 aliphatic heterocycles. The predicted molar refractivity (Wildman–Crippen MR) is 68.9 cm³/mol. The van der Waals surface area contributed by atoms with Gasteiger partial charge in [0.25, 0.3) is 0 Å². The zero-order chi connectivity index (χ0) is 16.5. The molecule has 1 aromatic rings. The lowest BCUT2D eigenvalue weighted by molar-refractivity contribution is -0.146. The van der Waals surface area contributed by atoms with Crippen LogP contribution in [-0.2, 0) is 22.3 Å². The van der Waals surface area contributed by atoms with E-state index in [0.29, 0.717) is 25.9 Å². The highest BCUT2D eigenvalue weighted by Crippen LogP contribution is 2.28. The molecule has 2 rings (SSSR count). The molecule has 0 aromatic carbocycles. The van der Waals surface area contributed by atoms with Gasteiger partial charge in [-0.15, -0.1) is 0 Å². The third-order valence-electron chi connectivity index (χ3n) is 3.75. The molecule has 2 heterocycles. The van der Waals surface area contributed by atoms with E-state index in [0.717, 1.165) is 10.7 Å². The zero-order valence-electron chi connectivity index (χ0n) is 11.9. The number of aromatic nitrogens is 2. The fourth-order valence-electron chi connectivity index (χ4n) is 2.41. The van der Waals surface area contributed by atoms with Gasteiger partial charge in [0.15, 0.2) is 5.69 Å². The van der Waals surface area contributed by atoms with Gasteiger partial charge in [-0.1, -0.05) is 0 Å². The monoisotopic (exact) mass is 319 g/mol. The molecule has 0 aliphatic carbocycles. The van der Waals surface area contributed by atoms with Crippen LogP contribution in [0.25, 0.3) is 0 Å². The molecule has 0 radical (unpaired) electrons. The van der Waals surface area contributed by atoms with E-state index in [1.54, 1.807) is 0 Å². The molecule has 0 spiro atoms. The van der Waals surface area contributed by atoms with Gasteiger partial charge >= 0.3 is 12.1 Å². The highest BCUT2D eigenvalue weighted by Gasteiger charge is 2.35. The van der Waals surface area contributed by atoms with Crippen molar-refractivity contribution in [3.63, 3.8) is 0 Å². The van der Waals surface area contributed by atoms with Crippen molar-refractivity contribution >= 4 is 11.9 Å². The first-order valence-electron chi connectivity index (χ1n) is 6.80. The lowest BCUT2D eigenvalue weighted by atomic mass is 9.97. The zero-order valence-corrected chi connectivity index (χ0v) is 11.9. The number of rotatable bonds is 3. The summed E-state index contributed by atoms with van der Waals surface area (Å²) in [5.74, 6) is -1.71. The standard InChI is InChI=1S/C13H16F3N3O3/c1-8-6-10(13(14,15)16)17-19(8)7-11(20)18-4-2-9(3-5-18)12(21)22/h6,9H,2-5,7H2,1H3,(H,21,22). The molecule has 0 saturated carbocycles. The van der Waals surface area contributed by atoms with Gasteiger partial charge in [0, 0.05) is 18.8 Å². The van der Waals surface area contributed by atoms with Crippen LogP contribution in [0.2, 0.25) is 0 Å². The van der Waals surface area contributed by atoms with Crippen LogP contribution in [-0.4, -0.2) is 44.8 Å². The summed E-state index contributed by atoms with van der Waals surface area (Å²) in [7, 11) is 0. The minimum Gasteiger partial charge on any atom is -0.481 e. The van der Waals surface area contributed by atoms with Gasteiger partial charge in [0.05, 0.1) is 5.92 Å². The number of carbonyl (C=O) groups excluding carboxylic acids is 1. The smallest absolute Gasteiger partial charge is 0.435 e. The summed E-state index contributed by atoms with van der Waals surface area (Å²) in [4.78, 5) is 24.4. The van der Waals surface area contributed by atoms with E-state index in [1.165, 1.54) is 11.8 Å². The van der Waals surface area contributed by atoms with Crippen molar-refractivity contribution < 1.29 is 27.9 Å². The third kappa shape index (κ3) is 3.58. The van der Waals surface area contributed by atoms with E-state index in [9.17, 15) is 22.8 Å². The predicted octanol–water partition coefficient (Wildman–Crippen LogP) is 1.53. The molecular formula is C13H16F3N3O3. The lowest BCUT2D eigenvalue weighted by Gasteiger charge is -2.30.